The number of benzene rings is 9. The van der Waals surface area contributed by atoms with Gasteiger partial charge in [0, 0.05) is 36.9 Å². The van der Waals surface area contributed by atoms with E-state index in [1.165, 1.54) is 74.7 Å². The monoisotopic (exact) mass is 716 g/mol. The van der Waals surface area contributed by atoms with Crippen molar-refractivity contribution in [1.82, 2.24) is 9.97 Å². The van der Waals surface area contributed by atoms with Gasteiger partial charge in [0.25, 0.3) is 0 Å². The fourth-order valence-electron chi connectivity index (χ4n) is 8.23. The lowest BCUT2D eigenvalue weighted by Gasteiger charge is -2.15. The molecule has 0 atom stereocenters. The summed E-state index contributed by atoms with van der Waals surface area (Å²) in [6.45, 7) is 0. The van der Waals surface area contributed by atoms with Gasteiger partial charge in [-0.25, -0.2) is 9.97 Å². The van der Waals surface area contributed by atoms with Crippen LogP contribution in [0.4, 0.5) is 0 Å². The molecule has 0 aliphatic heterocycles. The first kappa shape index (κ1) is 31.6. The topological polar surface area (TPSA) is 25.8 Å². The van der Waals surface area contributed by atoms with Gasteiger partial charge in [0.2, 0.25) is 0 Å². The number of hydrogen-bond donors (Lipinski definition) is 0. The van der Waals surface area contributed by atoms with Gasteiger partial charge in [-0.3, -0.25) is 0 Å². The molecule has 55 heavy (non-hydrogen) atoms. The number of rotatable bonds is 5. The third kappa shape index (κ3) is 5.40. The van der Waals surface area contributed by atoms with E-state index in [0.29, 0.717) is 5.82 Å². The highest BCUT2D eigenvalue weighted by molar-refractivity contribution is 7.25. The van der Waals surface area contributed by atoms with E-state index in [0.717, 1.165) is 28.1 Å². The predicted molar refractivity (Wildman–Crippen MR) is 235 cm³/mol. The van der Waals surface area contributed by atoms with Gasteiger partial charge in [-0.2, -0.15) is 0 Å². The van der Waals surface area contributed by atoms with Crippen LogP contribution >= 0.6 is 11.3 Å². The lowest BCUT2D eigenvalue weighted by molar-refractivity contribution is 1.19. The lowest BCUT2D eigenvalue weighted by Crippen LogP contribution is -1.96. The molecule has 3 heteroatoms. The molecule has 2 nitrogen and oxygen atoms in total. The zero-order valence-electron chi connectivity index (χ0n) is 29.8. The van der Waals surface area contributed by atoms with Crippen molar-refractivity contribution in [3.05, 3.63) is 194 Å². The van der Waals surface area contributed by atoms with E-state index in [9.17, 15) is 0 Å². The van der Waals surface area contributed by atoms with E-state index < -0.39 is 0 Å². The number of hydrogen-bond acceptors (Lipinski definition) is 3. The fourth-order valence-corrected chi connectivity index (χ4v) is 9.36. The summed E-state index contributed by atoms with van der Waals surface area (Å²) < 4.78 is 2.53. The van der Waals surface area contributed by atoms with Crippen LogP contribution in [0.25, 0.3) is 109 Å². The molecule has 0 bridgehead atoms. The lowest BCUT2D eigenvalue weighted by atomic mass is 9.89. The third-order valence-corrected chi connectivity index (χ3v) is 12.0. The minimum atomic E-state index is 0.708. The highest BCUT2D eigenvalue weighted by atomic mass is 32.1. The predicted octanol–water partition coefficient (Wildman–Crippen LogP) is 14.6. The zero-order valence-corrected chi connectivity index (χ0v) is 30.6. The quantitative estimate of drug-likeness (QED) is 0.131. The maximum absolute atomic E-state index is 5.29. The summed E-state index contributed by atoms with van der Waals surface area (Å²) in [6, 6.07) is 69.8. The Kier molecular flexibility index (Phi) is 7.39. The van der Waals surface area contributed by atoms with Crippen LogP contribution in [0.2, 0.25) is 0 Å². The van der Waals surface area contributed by atoms with Crippen LogP contribution in [-0.4, -0.2) is 9.97 Å². The molecule has 2 aromatic heterocycles. The number of nitrogens with zero attached hydrogens (tertiary/aromatic N) is 2. The van der Waals surface area contributed by atoms with E-state index in [2.05, 4.69) is 194 Å². The van der Waals surface area contributed by atoms with Crippen molar-refractivity contribution in [3.8, 4) is 56.2 Å². The highest BCUT2D eigenvalue weighted by Gasteiger charge is 2.17. The Morgan fingerprint density at radius 1 is 0.327 bits per heavy atom. The molecule has 0 amide bonds. The van der Waals surface area contributed by atoms with Gasteiger partial charge in [0.05, 0.1) is 11.4 Å². The Bertz CT molecular complexity index is 3230. The first-order chi connectivity index (χ1) is 27.2. The van der Waals surface area contributed by atoms with Crippen LogP contribution in [0, 0.1) is 0 Å². The maximum atomic E-state index is 5.29. The van der Waals surface area contributed by atoms with Crippen molar-refractivity contribution >= 4 is 63.8 Å². The normalized spacial score (nSPS) is 11.6. The summed E-state index contributed by atoms with van der Waals surface area (Å²) in [7, 11) is 0. The first-order valence-corrected chi connectivity index (χ1v) is 19.5. The maximum Gasteiger partial charge on any atom is 0.160 e. The molecule has 0 N–H and O–H groups in total. The van der Waals surface area contributed by atoms with Crippen molar-refractivity contribution in [1.29, 1.82) is 0 Å². The van der Waals surface area contributed by atoms with Crippen molar-refractivity contribution in [3.63, 3.8) is 0 Å². The standard InChI is InChI=1S/C52H32N2S/c1-2-11-33(12-3-1)34-21-27-38(28-22-34)52-53-46(32-47(54-52)43-18-10-20-49-51(43)44-17-8-9-19-48(44)55-49)36-23-25-37(26-24-36)50-41-16-7-5-14-39(41)31-45-40-15-6-4-13-35(40)29-30-42(45)50/h1-32H. The van der Waals surface area contributed by atoms with Gasteiger partial charge in [0.15, 0.2) is 5.82 Å². The Morgan fingerprint density at radius 3 is 1.78 bits per heavy atom. The van der Waals surface area contributed by atoms with Crippen LogP contribution in [0.15, 0.2) is 194 Å². The molecule has 11 aromatic rings. The second kappa shape index (κ2) is 12.9. The molecule has 11 rings (SSSR count). The Balaban J connectivity index is 1.08. The summed E-state index contributed by atoms with van der Waals surface area (Å²) in [4.78, 5) is 10.5. The first-order valence-electron chi connectivity index (χ1n) is 18.6. The van der Waals surface area contributed by atoms with Crippen LogP contribution in [0.5, 0.6) is 0 Å². The molecular formula is C52H32N2S. The van der Waals surface area contributed by atoms with Crippen LogP contribution < -0.4 is 0 Å². The summed E-state index contributed by atoms with van der Waals surface area (Å²) in [5.74, 6) is 0.708. The molecule has 0 spiro atoms. The van der Waals surface area contributed by atoms with E-state index in [-0.39, 0.29) is 0 Å². The number of aromatic nitrogens is 2. The SMILES string of the molecule is c1ccc(-c2ccc(-c3nc(-c4ccc(-c5c6ccccc6cc6c5ccc5ccccc56)cc4)cc(-c4cccc5sc6ccccc6c45)n3)cc2)cc1. The number of fused-ring (bicyclic) bond motifs is 7. The molecule has 0 aliphatic carbocycles. The summed E-state index contributed by atoms with van der Waals surface area (Å²) in [6.07, 6.45) is 0. The van der Waals surface area contributed by atoms with Crippen molar-refractivity contribution in [2.75, 3.05) is 0 Å². The van der Waals surface area contributed by atoms with Gasteiger partial charge in [-0.05, 0) is 78.8 Å². The van der Waals surface area contributed by atoms with E-state index in [4.69, 9.17) is 9.97 Å². The third-order valence-electron chi connectivity index (χ3n) is 10.9. The van der Waals surface area contributed by atoms with E-state index >= 15 is 0 Å². The second-order valence-electron chi connectivity index (χ2n) is 14.1. The molecule has 0 saturated carbocycles. The Hall–Kier alpha value is -6.94. The summed E-state index contributed by atoms with van der Waals surface area (Å²) in [5, 5.41) is 10.0. The van der Waals surface area contributed by atoms with Crippen LogP contribution in [-0.2, 0) is 0 Å². The Morgan fingerprint density at radius 2 is 0.945 bits per heavy atom. The molecule has 9 aromatic carbocycles. The molecule has 0 saturated heterocycles. The highest BCUT2D eigenvalue weighted by Crippen LogP contribution is 2.42. The van der Waals surface area contributed by atoms with Gasteiger partial charge < -0.3 is 0 Å². The van der Waals surface area contributed by atoms with Crippen molar-refractivity contribution < 1.29 is 0 Å². The fraction of sp³-hybridized carbons (Fsp3) is 0. The summed E-state index contributed by atoms with van der Waals surface area (Å²) in [5.41, 5.74) is 9.74. The summed E-state index contributed by atoms with van der Waals surface area (Å²) >= 11 is 1.83. The van der Waals surface area contributed by atoms with E-state index in [1.807, 2.05) is 11.3 Å². The molecule has 0 unspecified atom stereocenters. The van der Waals surface area contributed by atoms with Gasteiger partial charge in [0.1, 0.15) is 0 Å². The Labute approximate surface area is 322 Å². The van der Waals surface area contributed by atoms with Crippen molar-refractivity contribution in [2.24, 2.45) is 0 Å². The molecular weight excluding hydrogens is 685 g/mol. The van der Waals surface area contributed by atoms with Crippen LogP contribution in [0.3, 0.4) is 0 Å². The van der Waals surface area contributed by atoms with Gasteiger partial charge in [-0.1, -0.05) is 170 Å². The van der Waals surface area contributed by atoms with E-state index in [1.54, 1.807) is 0 Å². The molecule has 0 aliphatic rings. The molecule has 2 heterocycles. The zero-order chi connectivity index (χ0) is 36.3. The molecule has 0 fully saturated rings. The minimum Gasteiger partial charge on any atom is -0.228 e. The molecule has 0 radical (unpaired) electrons. The molecule has 256 valence electrons. The smallest absolute Gasteiger partial charge is 0.160 e. The number of thiophene rings is 1. The second-order valence-corrected chi connectivity index (χ2v) is 15.2. The average molecular weight is 717 g/mol. The van der Waals surface area contributed by atoms with Crippen LogP contribution in [0.1, 0.15) is 0 Å². The van der Waals surface area contributed by atoms with Gasteiger partial charge >= 0.3 is 0 Å². The minimum absolute atomic E-state index is 0.708. The van der Waals surface area contributed by atoms with Crippen molar-refractivity contribution in [2.45, 2.75) is 0 Å². The largest absolute Gasteiger partial charge is 0.228 e. The average Bonchev–Trinajstić information content (AvgIpc) is 3.65. The van der Waals surface area contributed by atoms with Gasteiger partial charge in [-0.15, -0.1) is 11.3 Å².